The van der Waals surface area contributed by atoms with Gasteiger partial charge >= 0.3 is 0 Å². The van der Waals surface area contributed by atoms with Crippen LogP contribution in [0, 0.1) is 0 Å². The highest BCUT2D eigenvalue weighted by atomic mass is 35.5. The second-order valence-electron chi connectivity index (χ2n) is 4.54. The average molecular weight is 239 g/mol. The topological polar surface area (TPSA) is 29.3 Å². The van der Waals surface area contributed by atoms with E-state index < -0.39 is 0 Å². The third-order valence-electron chi connectivity index (χ3n) is 3.06. The molecule has 0 aliphatic heterocycles. The van der Waals surface area contributed by atoms with E-state index in [0.717, 1.165) is 29.8 Å². The lowest BCUT2D eigenvalue weighted by Crippen LogP contribution is -2.26. The lowest BCUT2D eigenvalue weighted by atomic mass is 10.1. The van der Waals surface area contributed by atoms with Crippen LogP contribution in [0.1, 0.15) is 31.7 Å². The summed E-state index contributed by atoms with van der Waals surface area (Å²) in [5.74, 6) is 0. The van der Waals surface area contributed by atoms with Gasteiger partial charge in [0.1, 0.15) is 0 Å². The quantitative estimate of drug-likeness (QED) is 0.798. The lowest BCUT2D eigenvalue weighted by Gasteiger charge is -2.22. The van der Waals surface area contributed by atoms with Crippen LogP contribution < -0.4 is 5.73 Å². The Morgan fingerprint density at radius 2 is 2.19 bits per heavy atom. The second-order valence-corrected chi connectivity index (χ2v) is 4.98. The number of nitrogens with zero attached hydrogens (tertiary/aromatic N) is 1. The first-order valence-corrected chi connectivity index (χ1v) is 6.36. The zero-order valence-corrected chi connectivity index (χ0v) is 10.5. The molecule has 0 atom stereocenters. The highest BCUT2D eigenvalue weighted by molar-refractivity contribution is 6.30. The molecule has 0 heterocycles. The van der Waals surface area contributed by atoms with Crippen molar-refractivity contribution in [1.82, 2.24) is 4.90 Å². The minimum atomic E-state index is 0.717. The molecule has 88 valence electrons. The summed E-state index contributed by atoms with van der Waals surface area (Å²) in [6, 6.07) is 6.59. The summed E-state index contributed by atoms with van der Waals surface area (Å²) in [6.45, 7) is 4.34. The first-order chi connectivity index (χ1) is 7.70. The lowest BCUT2D eigenvalue weighted by molar-refractivity contribution is 0.256. The summed E-state index contributed by atoms with van der Waals surface area (Å²) in [7, 11) is 0. The van der Waals surface area contributed by atoms with Gasteiger partial charge in [-0.2, -0.15) is 0 Å². The Balaban J connectivity index is 2.05. The third-order valence-corrected chi connectivity index (χ3v) is 3.29. The maximum Gasteiger partial charge on any atom is 0.0426 e. The Labute approximate surface area is 102 Å². The summed E-state index contributed by atoms with van der Waals surface area (Å²) >= 11 is 5.90. The number of hydrogen-bond acceptors (Lipinski definition) is 2. The highest BCUT2D eigenvalue weighted by Crippen LogP contribution is 2.29. The van der Waals surface area contributed by atoms with E-state index in [1.165, 1.54) is 24.8 Å². The molecule has 0 spiro atoms. The van der Waals surface area contributed by atoms with Crippen molar-refractivity contribution in [2.75, 3.05) is 12.3 Å². The van der Waals surface area contributed by atoms with Gasteiger partial charge in [-0.25, -0.2) is 0 Å². The first kappa shape index (κ1) is 11.7. The van der Waals surface area contributed by atoms with Crippen molar-refractivity contribution in [3.63, 3.8) is 0 Å². The number of benzene rings is 1. The number of nitrogen functional groups attached to an aromatic ring is 1. The van der Waals surface area contributed by atoms with Crippen molar-refractivity contribution in [3.8, 4) is 0 Å². The summed E-state index contributed by atoms with van der Waals surface area (Å²) in [5.41, 5.74) is 7.99. The number of hydrogen-bond donors (Lipinski definition) is 1. The zero-order chi connectivity index (χ0) is 11.5. The monoisotopic (exact) mass is 238 g/mol. The maximum atomic E-state index is 5.98. The van der Waals surface area contributed by atoms with Crippen LogP contribution in [0.25, 0.3) is 0 Å². The first-order valence-electron chi connectivity index (χ1n) is 5.98. The molecule has 0 unspecified atom stereocenters. The van der Waals surface area contributed by atoms with Crippen molar-refractivity contribution >= 4 is 17.3 Å². The van der Waals surface area contributed by atoms with Crippen LogP contribution in [0.5, 0.6) is 0 Å². The van der Waals surface area contributed by atoms with Crippen molar-refractivity contribution < 1.29 is 0 Å². The molecule has 2 N–H and O–H groups in total. The smallest absolute Gasteiger partial charge is 0.0426 e. The van der Waals surface area contributed by atoms with E-state index in [9.17, 15) is 0 Å². The normalized spacial score (nSPS) is 15.7. The van der Waals surface area contributed by atoms with Gasteiger partial charge < -0.3 is 5.73 Å². The second kappa shape index (κ2) is 5.07. The largest absolute Gasteiger partial charge is 0.398 e. The molecule has 1 aromatic carbocycles. The fourth-order valence-corrected chi connectivity index (χ4v) is 2.23. The van der Waals surface area contributed by atoms with Gasteiger partial charge in [-0.05, 0) is 43.5 Å². The fraction of sp³-hybridized carbons (Fsp3) is 0.538. The van der Waals surface area contributed by atoms with Gasteiger partial charge in [-0.1, -0.05) is 24.6 Å². The van der Waals surface area contributed by atoms with Gasteiger partial charge in [-0.15, -0.1) is 0 Å². The Kier molecular flexibility index (Phi) is 3.72. The minimum Gasteiger partial charge on any atom is -0.398 e. The summed E-state index contributed by atoms with van der Waals surface area (Å²) in [5, 5.41) is 0.717. The Hall–Kier alpha value is -0.730. The highest BCUT2D eigenvalue weighted by Gasteiger charge is 2.28. The minimum absolute atomic E-state index is 0.717. The van der Waals surface area contributed by atoms with Gasteiger partial charge in [-0.3, -0.25) is 4.90 Å². The molecule has 2 rings (SSSR count). The SMILES string of the molecule is CCCN(Cc1ccc(Cl)cc1N)C1CC1. The number of halogens is 1. The average Bonchev–Trinajstić information content (AvgIpc) is 3.04. The summed E-state index contributed by atoms with van der Waals surface area (Å²) in [6.07, 6.45) is 3.88. The van der Waals surface area contributed by atoms with Crippen LogP contribution in [0.4, 0.5) is 5.69 Å². The van der Waals surface area contributed by atoms with Crippen molar-refractivity contribution in [2.45, 2.75) is 38.8 Å². The van der Waals surface area contributed by atoms with Gasteiger partial charge in [0.15, 0.2) is 0 Å². The molecule has 1 aromatic rings. The molecule has 0 saturated heterocycles. The molecular formula is C13H19ClN2. The van der Waals surface area contributed by atoms with E-state index in [4.69, 9.17) is 17.3 Å². The third kappa shape index (κ3) is 2.89. The van der Waals surface area contributed by atoms with Gasteiger partial charge in [0.25, 0.3) is 0 Å². The van der Waals surface area contributed by atoms with Gasteiger partial charge in [0, 0.05) is 23.3 Å². The van der Waals surface area contributed by atoms with Crippen LogP contribution in [0.3, 0.4) is 0 Å². The molecule has 2 nitrogen and oxygen atoms in total. The fourth-order valence-electron chi connectivity index (χ4n) is 2.05. The summed E-state index contributed by atoms with van der Waals surface area (Å²) < 4.78 is 0. The van der Waals surface area contributed by atoms with Crippen molar-refractivity contribution in [2.24, 2.45) is 0 Å². The molecular weight excluding hydrogens is 220 g/mol. The number of rotatable bonds is 5. The van der Waals surface area contributed by atoms with Crippen LogP contribution >= 0.6 is 11.6 Å². The van der Waals surface area contributed by atoms with Crippen molar-refractivity contribution in [3.05, 3.63) is 28.8 Å². The number of anilines is 1. The van der Waals surface area contributed by atoms with Crippen molar-refractivity contribution in [1.29, 1.82) is 0 Å². The number of nitrogens with two attached hydrogens (primary N) is 1. The van der Waals surface area contributed by atoms with Gasteiger partial charge in [0.2, 0.25) is 0 Å². The van der Waals surface area contributed by atoms with Gasteiger partial charge in [0.05, 0.1) is 0 Å². The van der Waals surface area contributed by atoms with E-state index in [1.807, 2.05) is 18.2 Å². The van der Waals surface area contributed by atoms with E-state index >= 15 is 0 Å². The summed E-state index contributed by atoms with van der Waals surface area (Å²) in [4.78, 5) is 2.53. The predicted molar refractivity (Wildman–Crippen MR) is 69.6 cm³/mol. The molecule has 16 heavy (non-hydrogen) atoms. The van der Waals surface area contributed by atoms with Crippen LogP contribution in [0.2, 0.25) is 5.02 Å². The molecule has 3 heteroatoms. The molecule has 0 bridgehead atoms. The molecule has 1 fully saturated rings. The molecule has 0 radical (unpaired) electrons. The molecule has 0 aromatic heterocycles. The maximum absolute atomic E-state index is 5.98. The van der Waals surface area contributed by atoms with E-state index in [0.29, 0.717) is 0 Å². The molecule has 0 amide bonds. The van der Waals surface area contributed by atoms with Crippen LogP contribution in [0.15, 0.2) is 18.2 Å². The van der Waals surface area contributed by atoms with Crippen LogP contribution in [-0.2, 0) is 6.54 Å². The Bertz CT molecular complexity index is 361. The Morgan fingerprint density at radius 3 is 2.75 bits per heavy atom. The predicted octanol–water partition coefficient (Wildman–Crippen LogP) is 3.30. The van der Waals surface area contributed by atoms with E-state index in [1.54, 1.807) is 0 Å². The van der Waals surface area contributed by atoms with Crippen LogP contribution in [-0.4, -0.2) is 17.5 Å². The standard InChI is InChI=1S/C13H19ClN2/c1-2-7-16(12-5-6-12)9-10-3-4-11(14)8-13(10)15/h3-4,8,12H,2,5-7,9,15H2,1H3. The Morgan fingerprint density at radius 1 is 1.44 bits per heavy atom. The molecule has 1 aliphatic carbocycles. The molecule has 1 aliphatic rings. The molecule has 1 saturated carbocycles. The van der Waals surface area contributed by atoms with E-state index in [-0.39, 0.29) is 0 Å². The van der Waals surface area contributed by atoms with E-state index in [2.05, 4.69) is 11.8 Å². The zero-order valence-electron chi connectivity index (χ0n) is 9.75.